The fraction of sp³-hybridized carbons (Fsp3) is 0.227. The highest BCUT2D eigenvalue weighted by Gasteiger charge is 2.24. The van der Waals surface area contributed by atoms with Gasteiger partial charge in [-0.3, -0.25) is 14.2 Å². The van der Waals surface area contributed by atoms with Gasteiger partial charge in [-0.25, -0.2) is 4.39 Å². The number of rotatable bonds is 3. The van der Waals surface area contributed by atoms with E-state index in [-0.39, 0.29) is 15.8 Å². The van der Waals surface area contributed by atoms with E-state index >= 15 is 0 Å². The highest BCUT2D eigenvalue weighted by Crippen LogP contribution is 2.15. The van der Waals surface area contributed by atoms with Crippen LogP contribution in [0.15, 0.2) is 41.2 Å². The van der Waals surface area contributed by atoms with E-state index in [2.05, 4.69) is 0 Å². The lowest BCUT2D eigenvalue weighted by atomic mass is 10.2. The van der Waals surface area contributed by atoms with Crippen LogP contribution in [0.4, 0.5) is 4.39 Å². The number of thiophene rings is 1. The van der Waals surface area contributed by atoms with Crippen molar-refractivity contribution in [3.63, 3.8) is 0 Å². The summed E-state index contributed by atoms with van der Waals surface area (Å²) in [6, 6.07) is 11.3. The van der Waals surface area contributed by atoms with Crippen LogP contribution in [0.3, 0.4) is 0 Å². The summed E-state index contributed by atoms with van der Waals surface area (Å²) in [5.41, 5.74) is -0.0855. The third-order valence-electron chi connectivity index (χ3n) is 4.78. The molecule has 0 bridgehead atoms. The van der Waals surface area contributed by atoms with Crippen molar-refractivity contribution in [1.82, 2.24) is 9.47 Å². The number of amides is 1. The van der Waals surface area contributed by atoms with Crippen molar-refractivity contribution in [2.75, 3.05) is 26.3 Å². The molecular weight excluding hydrogens is 437 g/mol. The van der Waals surface area contributed by atoms with E-state index in [1.54, 1.807) is 11.0 Å². The van der Waals surface area contributed by atoms with Crippen LogP contribution in [0, 0.1) is 24.1 Å². The lowest BCUT2D eigenvalue weighted by Crippen LogP contribution is -2.42. The topological polar surface area (TPSA) is 75.3 Å². The van der Waals surface area contributed by atoms with Crippen molar-refractivity contribution in [2.45, 2.75) is 6.92 Å². The van der Waals surface area contributed by atoms with Crippen LogP contribution in [0.5, 0.6) is 0 Å². The summed E-state index contributed by atoms with van der Waals surface area (Å²) in [6.07, 6.45) is 1.75. The highest BCUT2D eigenvalue weighted by atomic mass is 32.1. The van der Waals surface area contributed by atoms with Crippen molar-refractivity contribution >= 4 is 40.2 Å². The van der Waals surface area contributed by atoms with E-state index in [9.17, 15) is 19.2 Å². The quantitative estimate of drug-likeness (QED) is 0.603. The van der Waals surface area contributed by atoms with E-state index in [0.717, 1.165) is 21.1 Å². The van der Waals surface area contributed by atoms with Gasteiger partial charge in [-0.2, -0.15) is 5.26 Å². The molecule has 0 unspecified atom stereocenters. The maximum absolute atomic E-state index is 13.5. The number of aryl methyl sites for hydroxylation is 1. The molecule has 1 saturated heterocycles. The van der Waals surface area contributed by atoms with Gasteiger partial charge in [0.15, 0.2) is 5.57 Å². The van der Waals surface area contributed by atoms with Gasteiger partial charge in [0.1, 0.15) is 16.5 Å². The molecular formula is C22H18FN3O3S2. The second-order valence-corrected chi connectivity index (χ2v) is 9.22. The van der Waals surface area contributed by atoms with Gasteiger partial charge in [0.05, 0.1) is 23.4 Å². The van der Waals surface area contributed by atoms with Crippen molar-refractivity contribution in [1.29, 1.82) is 5.26 Å². The number of carbonyl (C=O) groups excluding carboxylic acids is 1. The van der Waals surface area contributed by atoms with Crippen molar-refractivity contribution < 1.29 is 13.9 Å². The first kappa shape index (κ1) is 21.2. The van der Waals surface area contributed by atoms with Gasteiger partial charge in [-0.15, -0.1) is 22.7 Å². The van der Waals surface area contributed by atoms with Crippen molar-refractivity contribution in [3.05, 3.63) is 71.5 Å². The Morgan fingerprint density at radius 2 is 1.87 bits per heavy atom. The van der Waals surface area contributed by atoms with Gasteiger partial charge in [0.2, 0.25) is 0 Å². The van der Waals surface area contributed by atoms with Crippen LogP contribution >= 0.6 is 22.7 Å². The van der Waals surface area contributed by atoms with Crippen molar-refractivity contribution in [3.8, 4) is 11.8 Å². The maximum atomic E-state index is 13.5. The number of carbonyl (C=O) groups is 1. The summed E-state index contributed by atoms with van der Waals surface area (Å²) in [6.45, 7) is 3.53. The molecule has 31 heavy (non-hydrogen) atoms. The summed E-state index contributed by atoms with van der Waals surface area (Å²) in [5, 5.41) is 9.85. The molecule has 1 aliphatic rings. The van der Waals surface area contributed by atoms with Crippen LogP contribution < -0.4 is 14.8 Å². The molecule has 6 nitrogen and oxygen atoms in total. The van der Waals surface area contributed by atoms with Gasteiger partial charge < -0.3 is 9.64 Å². The molecule has 1 amide bonds. The molecule has 0 aliphatic carbocycles. The molecule has 2 aromatic heterocycles. The minimum atomic E-state index is -0.443. The Labute approximate surface area is 185 Å². The van der Waals surface area contributed by atoms with E-state index in [0.29, 0.717) is 36.5 Å². The van der Waals surface area contributed by atoms with E-state index < -0.39 is 11.7 Å². The Kier molecular flexibility index (Phi) is 6.13. The summed E-state index contributed by atoms with van der Waals surface area (Å²) < 4.78 is 20.7. The summed E-state index contributed by atoms with van der Waals surface area (Å²) >= 11 is 2.62. The number of benzene rings is 1. The molecule has 0 atom stereocenters. The molecule has 3 heterocycles. The smallest absolute Gasteiger partial charge is 0.273 e. The number of ether oxygens (including phenoxy) is 1. The number of hydrogen-bond acceptors (Lipinski definition) is 6. The van der Waals surface area contributed by atoms with E-state index in [1.165, 1.54) is 40.2 Å². The third kappa shape index (κ3) is 4.37. The second kappa shape index (κ2) is 8.98. The Bertz CT molecular complexity index is 1340. The standard InChI is InChI=1S/C22H18FN3O3S2/c1-14-2-7-17(30-14)12-19-21(28)26(16-5-3-15(23)4-6-16)22(31-19)18(13-24)20(27)25-8-10-29-11-9-25/h2-7,12H,8-11H2,1H3/b19-12+,22-18-. The number of nitrogens with zero attached hydrogens (tertiary/aromatic N) is 3. The number of halogens is 1. The first-order chi connectivity index (χ1) is 15.0. The Morgan fingerprint density at radius 1 is 1.16 bits per heavy atom. The lowest BCUT2D eigenvalue weighted by Gasteiger charge is -2.26. The van der Waals surface area contributed by atoms with Gasteiger partial charge in [0, 0.05) is 22.8 Å². The van der Waals surface area contributed by atoms with E-state index in [4.69, 9.17) is 4.74 Å². The molecule has 1 aromatic carbocycles. The van der Waals surface area contributed by atoms with Gasteiger partial charge in [-0.05, 0) is 49.4 Å². The number of aromatic nitrogens is 1. The number of thiazole rings is 1. The number of hydrogen-bond donors (Lipinski definition) is 0. The molecule has 1 fully saturated rings. The zero-order valence-corrected chi connectivity index (χ0v) is 18.3. The van der Waals surface area contributed by atoms with Gasteiger partial charge >= 0.3 is 0 Å². The number of morpholine rings is 1. The monoisotopic (exact) mass is 455 g/mol. The van der Waals surface area contributed by atoms with Crippen LogP contribution in [-0.2, 0) is 9.53 Å². The average molecular weight is 456 g/mol. The molecule has 9 heteroatoms. The van der Waals surface area contributed by atoms with Crippen molar-refractivity contribution in [2.24, 2.45) is 0 Å². The molecule has 1 aliphatic heterocycles. The largest absolute Gasteiger partial charge is 0.378 e. The molecule has 0 saturated carbocycles. The molecule has 0 spiro atoms. The molecule has 4 rings (SSSR count). The summed E-state index contributed by atoms with van der Waals surface area (Å²) in [5.74, 6) is -0.885. The number of nitriles is 1. The molecule has 158 valence electrons. The van der Waals surface area contributed by atoms with Crippen LogP contribution in [0.25, 0.3) is 17.3 Å². The Balaban J connectivity index is 1.98. The lowest BCUT2D eigenvalue weighted by molar-refractivity contribution is -0.128. The Morgan fingerprint density at radius 3 is 2.48 bits per heavy atom. The van der Waals surface area contributed by atoms with Crippen LogP contribution in [0.1, 0.15) is 9.75 Å². The summed E-state index contributed by atoms with van der Waals surface area (Å²) in [4.78, 5) is 29.9. The van der Waals surface area contributed by atoms with E-state index in [1.807, 2.05) is 25.1 Å². The van der Waals surface area contributed by atoms with Gasteiger partial charge in [-0.1, -0.05) is 0 Å². The third-order valence-corrected chi connectivity index (χ3v) is 6.82. The van der Waals surface area contributed by atoms with Gasteiger partial charge in [0.25, 0.3) is 11.5 Å². The van der Waals surface area contributed by atoms with Crippen LogP contribution in [-0.4, -0.2) is 41.7 Å². The predicted molar refractivity (Wildman–Crippen MR) is 118 cm³/mol. The molecule has 0 N–H and O–H groups in total. The maximum Gasteiger partial charge on any atom is 0.273 e. The zero-order valence-electron chi connectivity index (χ0n) is 16.6. The fourth-order valence-corrected chi connectivity index (χ4v) is 5.23. The SMILES string of the molecule is Cc1ccc(/C=c2/s/c(=C(/C#N)C(=O)N3CCOCC3)n(-c3ccc(F)cc3)c2=O)s1. The Hall–Kier alpha value is -3.06. The minimum Gasteiger partial charge on any atom is -0.378 e. The average Bonchev–Trinajstić information content (AvgIpc) is 3.33. The minimum absolute atomic E-state index is 0.115. The molecule has 3 aromatic rings. The zero-order chi connectivity index (χ0) is 22.0. The fourth-order valence-electron chi connectivity index (χ4n) is 3.25. The second-order valence-electron chi connectivity index (χ2n) is 6.87. The first-order valence-electron chi connectivity index (χ1n) is 9.55. The highest BCUT2D eigenvalue weighted by molar-refractivity contribution is 7.13. The van der Waals surface area contributed by atoms with Crippen LogP contribution in [0.2, 0.25) is 0 Å². The first-order valence-corrected chi connectivity index (χ1v) is 11.2. The predicted octanol–water partition coefficient (Wildman–Crippen LogP) is 1.77. The summed E-state index contributed by atoms with van der Waals surface area (Å²) in [7, 11) is 0. The normalized spacial score (nSPS) is 15.6. The molecule has 0 radical (unpaired) electrons.